The van der Waals surface area contributed by atoms with Crippen LogP contribution in [0.4, 0.5) is 5.69 Å². The van der Waals surface area contributed by atoms with Crippen molar-refractivity contribution in [3.05, 3.63) is 29.3 Å². The number of hydrogen-bond donors (Lipinski definition) is 1. The lowest BCUT2D eigenvalue weighted by molar-refractivity contribution is -0.135. The molecule has 1 aliphatic rings. The molecular weight excluding hydrogens is 200 g/mol. The van der Waals surface area contributed by atoms with Gasteiger partial charge < -0.3 is 10.6 Å². The Labute approximate surface area is 96.2 Å². The number of carbonyl (C=O) groups excluding carboxylic acids is 1. The zero-order chi connectivity index (χ0) is 11.7. The standard InChI is InChI=1S/C13H18N2O/c1-9(2)13(16)15-7-6-10-4-3-5-12(14)11(10)8-15/h3-5,9H,6-8,14H2,1-2H3. The van der Waals surface area contributed by atoms with Gasteiger partial charge in [-0.3, -0.25) is 4.79 Å². The zero-order valence-electron chi connectivity index (χ0n) is 9.86. The van der Waals surface area contributed by atoms with Crippen molar-refractivity contribution in [3.8, 4) is 0 Å². The second kappa shape index (κ2) is 4.16. The van der Waals surface area contributed by atoms with E-state index in [0.29, 0.717) is 6.54 Å². The van der Waals surface area contributed by atoms with Crippen LogP contribution in [-0.2, 0) is 17.8 Å². The average molecular weight is 218 g/mol. The third kappa shape index (κ3) is 1.90. The normalized spacial score (nSPS) is 15.1. The summed E-state index contributed by atoms with van der Waals surface area (Å²) < 4.78 is 0. The molecule has 0 fully saturated rings. The van der Waals surface area contributed by atoms with E-state index in [1.165, 1.54) is 5.56 Å². The summed E-state index contributed by atoms with van der Waals surface area (Å²) in [7, 11) is 0. The Kier molecular flexibility index (Phi) is 2.86. The molecule has 1 aliphatic heterocycles. The first-order chi connectivity index (χ1) is 7.59. The van der Waals surface area contributed by atoms with Crippen LogP contribution in [0.2, 0.25) is 0 Å². The van der Waals surface area contributed by atoms with Crippen LogP contribution in [0.1, 0.15) is 25.0 Å². The van der Waals surface area contributed by atoms with Gasteiger partial charge in [-0.05, 0) is 23.6 Å². The lowest BCUT2D eigenvalue weighted by atomic mass is 9.97. The number of hydrogen-bond acceptors (Lipinski definition) is 2. The van der Waals surface area contributed by atoms with Gasteiger partial charge in [0.05, 0.1) is 0 Å². The molecule has 16 heavy (non-hydrogen) atoms. The van der Waals surface area contributed by atoms with Gasteiger partial charge in [0.2, 0.25) is 5.91 Å². The number of nitrogen functional groups attached to an aromatic ring is 1. The molecule has 0 bridgehead atoms. The fraction of sp³-hybridized carbons (Fsp3) is 0.462. The molecule has 0 saturated carbocycles. The summed E-state index contributed by atoms with van der Waals surface area (Å²) in [5.74, 6) is 0.278. The van der Waals surface area contributed by atoms with E-state index < -0.39 is 0 Å². The van der Waals surface area contributed by atoms with Crippen LogP contribution in [0.15, 0.2) is 18.2 Å². The summed E-state index contributed by atoms with van der Waals surface area (Å²) in [6.45, 7) is 5.35. The molecule has 0 spiro atoms. The average Bonchev–Trinajstić information content (AvgIpc) is 2.28. The Morgan fingerprint density at radius 2 is 2.19 bits per heavy atom. The fourth-order valence-electron chi connectivity index (χ4n) is 2.16. The molecule has 1 heterocycles. The fourth-order valence-corrected chi connectivity index (χ4v) is 2.16. The third-order valence-electron chi connectivity index (χ3n) is 3.11. The Balaban J connectivity index is 2.23. The van der Waals surface area contributed by atoms with Gasteiger partial charge in [0.15, 0.2) is 0 Å². The molecule has 0 radical (unpaired) electrons. The van der Waals surface area contributed by atoms with E-state index in [4.69, 9.17) is 5.73 Å². The maximum atomic E-state index is 11.9. The van der Waals surface area contributed by atoms with E-state index in [-0.39, 0.29) is 11.8 Å². The minimum atomic E-state index is 0.0616. The topological polar surface area (TPSA) is 46.3 Å². The maximum Gasteiger partial charge on any atom is 0.225 e. The van der Waals surface area contributed by atoms with E-state index in [1.807, 2.05) is 30.9 Å². The Hall–Kier alpha value is -1.51. The number of fused-ring (bicyclic) bond motifs is 1. The molecule has 0 aromatic heterocycles. The van der Waals surface area contributed by atoms with Crippen LogP contribution in [0, 0.1) is 5.92 Å². The van der Waals surface area contributed by atoms with Crippen molar-refractivity contribution in [2.45, 2.75) is 26.8 Å². The van der Waals surface area contributed by atoms with Gasteiger partial charge >= 0.3 is 0 Å². The highest BCUT2D eigenvalue weighted by atomic mass is 16.2. The van der Waals surface area contributed by atoms with E-state index in [2.05, 4.69) is 6.07 Å². The molecule has 86 valence electrons. The molecule has 0 atom stereocenters. The number of anilines is 1. The molecule has 0 unspecified atom stereocenters. The lowest BCUT2D eigenvalue weighted by Crippen LogP contribution is -2.38. The molecular formula is C13H18N2O. The molecule has 1 amide bonds. The van der Waals surface area contributed by atoms with Gasteiger partial charge in [-0.25, -0.2) is 0 Å². The van der Waals surface area contributed by atoms with Gasteiger partial charge in [-0.1, -0.05) is 26.0 Å². The van der Waals surface area contributed by atoms with Crippen molar-refractivity contribution >= 4 is 11.6 Å². The van der Waals surface area contributed by atoms with Crippen LogP contribution >= 0.6 is 0 Å². The lowest BCUT2D eigenvalue weighted by Gasteiger charge is -2.31. The number of carbonyl (C=O) groups is 1. The van der Waals surface area contributed by atoms with Crippen molar-refractivity contribution in [3.63, 3.8) is 0 Å². The quantitative estimate of drug-likeness (QED) is 0.731. The molecule has 2 N–H and O–H groups in total. The minimum Gasteiger partial charge on any atom is -0.398 e. The molecule has 3 heteroatoms. The number of rotatable bonds is 1. The predicted molar refractivity (Wildman–Crippen MR) is 64.8 cm³/mol. The first-order valence-electron chi connectivity index (χ1n) is 5.74. The van der Waals surface area contributed by atoms with Crippen molar-refractivity contribution < 1.29 is 4.79 Å². The van der Waals surface area contributed by atoms with E-state index >= 15 is 0 Å². The molecule has 2 rings (SSSR count). The van der Waals surface area contributed by atoms with E-state index in [0.717, 1.165) is 24.2 Å². The molecule has 0 aliphatic carbocycles. The number of benzene rings is 1. The Bertz CT molecular complexity index is 412. The van der Waals surface area contributed by atoms with Crippen LogP contribution in [0.5, 0.6) is 0 Å². The SMILES string of the molecule is CC(C)C(=O)N1CCc2cccc(N)c2C1. The number of amides is 1. The van der Waals surface area contributed by atoms with Gasteiger partial charge in [0, 0.05) is 24.7 Å². The molecule has 3 nitrogen and oxygen atoms in total. The Morgan fingerprint density at radius 1 is 1.44 bits per heavy atom. The van der Waals surface area contributed by atoms with E-state index in [1.54, 1.807) is 0 Å². The molecule has 1 aromatic carbocycles. The van der Waals surface area contributed by atoms with Gasteiger partial charge in [0.1, 0.15) is 0 Å². The zero-order valence-corrected chi connectivity index (χ0v) is 9.86. The largest absolute Gasteiger partial charge is 0.398 e. The second-order valence-electron chi connectivity index (χ2n) is 4.65. The number of nitrogens with two attached hydrogens (primary N) is 1. The van der Waals surface area contributed by atoms with Crippen molar-refractivity contribution in [2.75, 3.05) is 12.3 Å². The predicted octanol–water partition coefficient (Wildman–Crippen LogP) is 1.81. The van der Waals surface area contributed by atoms with Crippen LogP contribution in [0.3, 0.4) is 0 Å². The highest BCUT2D eigenvalue weighted by Crippen LogP contribution is 2.24. The first kappa shape index (κ1) is 11.0. The summed E-state index contributed by atoms with van der Waals surface area (Å²) >= 11 is 0. The first-order valence-corrected chi connectivity index (χ1v) is 5.74. The van der Waals surface area contributed by atoms with Crippen molar-refractivity contribution in [1.82, 2.24) is 4.90 Å². The van der Waals surface area contributed by atoms with Crippen molar-refractivity contribution in [1.29, 1.82) is 0 Å². The molecule has 0 saturated heterocycles. The van der Waals surface area contributed by atoms with Gasteiger partial charge in [-0.15, -0.1) is 0 Å². The van der Waals surface area contributed by atoms with Gasteiger partial charge in [0.25, 0.3) is 0 Å². The third-order valence-corrected chi connectivity index (χ3v) is 3.11. The minimum absolute atomic E-state index is 0.0616. The molecule has 1 aromatic rings. The van der Waals surface area contributed by atoms with Crippen LogP contribution in [0.25, 0.3) is 0 Å². The van der Waals surface area contributed by atoms with E-state index in [9.17, 15) is 4.79 Å². The summed E-state index contributed by atoms with van der Waals surface area (Å²) in [6.07, 6.45) is 0.916. The highest BCUT2D eigenvalue weighted by molar-refractivity contribution is 5.78. The highest BCUT2D eigenvalue weighted by Gasteiger charge is 2.23. The summed E-state index contributed by atoms with van der Waals surface area (Å²) in [5.41, 5.74) is 9.16. The van der Waals surface area contributed by atoms with Crippen molar-refractivity contribution in [2.24, 2.45) is 5.92 Å². The van der Waals surface area contributed by atoms with Gasteiger partial charge in [-0.2, -0.15) is 0 Å². The smallest absolute Gasteiger partial charge is 0.225 e. The maximum absolute atomic E-state index is 11.9. The second-order valence-corrected chi connectivity index (χ2v) is 4.65. The Morgan fingerprint density at radius 3 is 2.88 bits per heavy atom. The van der Waals surface area contributed by atoms with Crippen LogP contribution < -0.4 is 5.73 Å². The summed E-state index contributed by atoms with van der Waals surface area (Å²) in [6, 6.07) is 5.99. The monoisotopic (exact) mass is 218 g/mol. The summed E-state index contributed by atoms with van der Waals surface area (Å²) in [4.78, 5) is 13.8. The summed E-state index contributed by atoms with van der Waals surface area (Å²) in [5, 5.41) is 0. The number of nitrogens with zero attached hydrogens (tertiary/aromatic N) is 1. The van der Waals surface area contributed by atoms with Crippen LogP contribution in [-0.4, -0.2) is 17.4 Å².